The molecule has 118 valence electrons. The first-order chi connectivity index (χ1) is 10.8. The van der Waals surface area contributed by atoms with Crippen molar-refractivity contribution in [2.75, 3.05) is 0 Å². The molecule has 1 nitrogen and oxygen atoms in total. The minimum Gasteiger partial charge on any atom is -0.198 e. The summed E-state index contributed by atoms with van der Waals surface area (Å²) in [6.07, 6.45) is 13.6. The molecule has 0 spiro atoms. The van der Waals surface area contributed by atoms with Crippen molar-refractivity contribution in [3.8, 4) is 0 Å². The van der Waals surface area contributed by atoms with Crippen LogP contribution < -0.4 is 4.57 Å². The third kappa shape index (κ3) is 4.98. The predicted molar refractivity (Wildman–Crippen MR) is 94.0 cm³/mol. The molecule has 0 fully saturated rings. The number of rotatable bonds is 9. The standard InChI is InChI=1S/C21H30N/c1-3-5-6-7-9-13-19-14-12-17-22(18-19)21(4-2)20-15-10-8-11-16-20/h8,10-12,14-18,21H,3-7,9,13H2,1-2H3/q+1. The Morgan fingerprint density at radius 1 is 0.864 bits per heavy atom. The van der Waals surface area contributed by atoms with Crippen LogP contribution in [0.3, 0.4) is 0 Å². The van der Waals surface area contributed by atoms with Crippen molar-refractivity contribution in [2.24, 2.45) is 0 Å². The van der Waals surface area contributed by atoms with Crippen LogP contribution in [0.4, 0.5) is 0 Å². The van der Waals surface area contributed by atoms with Crippen molar-refractivity contribution in [1.29, 1.82) is 0 Å². The summed E-state index contributed by atoms with van der Waals surface area (Å²) in [4.78, 5) is 0. The molecular formula is C21H30N+. The van der Waals surface area contributed by atoms with Crippen LogP contribution in [0, 0.1) is 0 Å². The van der Waals surface area contributed by atoms with Crippen LogP contribution in [0.1, 0.15) is 69.5 Å². The molecule has 0 aliphatic carbocycles. The lowest BCUT2D eigenvalue weighted by Gasteiger charge is -2.11. The van der Waals surface area contributed by atoms with E-state index in [1.165, 1.54) is 49.7 Å². The van der Waals surface area contributed by atoms with E-state index in [-0.39, 0.29) is 0 Å². The highest BCUT2D eigenvalue weighted by Gasteiger charge is 2.18. The van der Waals surface area contributed by atoms with Gasteiger partial charge in [0.2, 0.25) is 0 Å². The first kappa shape index (κ1) is 16.7. The van der Waals surface area contributed by atoms with Crippen molar-refractivity contribution in [3.05, 3.63) is 66.0 Å². The Morgan fingerprint density at radius 3 is 2.36 bits per heavy atom. The molecule has 0 radical (unpaired) electrons. The molecule has 0 aliphatic rings. The quantitative estimate of drug-likeness (QED) is 0.426. The van der Waals surface area contributed by atoms with Crippen LogP contribution in [-0.2, 0) is 6.42 Å². The first-order valence-electron chi connectivity index (χ1n) is 8.89. The van der Waals surface area contributed by atoms with E-state index in [0.29, 0.717) is 6.04 Å². The second-order valence-electron chi connectivity index (χ2n) is 6.16. The number of hydrogen-bond acceptors (Lipinski definition) is 0. The van der Waals surface area contributed by atoms with Crippen molar-refractivity contribution < 1.29 is 4.57 Å². The summed E-state index contributed by atoms with van der Waals surface area (Å²) in [7, 11) is 0. The maximum Gasteiger partial charge on any atom is 0.183 e. The Bertz CT molecular complexity index is 533. The van der Waals surface area contributed by atoms with Gasteiger partial charge in [-0.25, -0.2) is 0 Å². The van der Waals surface area contributed by atoms with Gasteiger partial charge in [-0.15, -0.1) is 0 Å². The number of unbranched alkanes of at least 4 members (excludes halogenated alkanes) is 4. The Kier molecular flexibility index (Phi) is 7.15. The highest BCUT2D eigenvalue weighted by Crippen LogP contribution is 2.16. The van der Waals surface area contributed by atoms with E-state index in [0.717, 1.165) is 6.42 Å². The third-order valence-electron chi connectivity index (χ3n) is 4.38. The van der Waals surface area contributed by atoms with Gasteiger partial charge in [-0.2, -0.15) is 4.57 Å². The molecule has 22 heavy (non-hydrogen) atoms. The number of hydrogen-bond donors (Lipinski definition) is 0. The predicted octanol–water partition coefficient (Wildman–Crippen LogP) is 5.49. The van der Waals surface area contributed by atoms with E-state index in [9.17, 15) is 0 Å². The van der Waals surface area contributed by atoms with Crippen molar-refractivity contribution >= 4 is 0 Å². The lowest BCUT2D eigenvalue weighted by Crippen LogP contribution is -2.39. The molecule has 0 N–H and O–H groups in total. The van der Waals surface area contributed by atoms with Gasteiger partial charge in [-0.3, -0.25) is 0 Å². The number of aromatic nitrogens is 1. The lowest BCUT2D eigenvalue weighted by molar-refractivity contribution is -0.714. The SMILES string of the molecule is CCCCCCCc1ccc[n+](C(CC)c2ccccc2)c1. The number of aryl methyl sites for hydroxylation is 1. The summed E-state index contributed by atoms with van der Waals surface area (Å²) in [5.74, 6) is 0. The molecule has 1 heterocycles. The normalized spacial score (nSPS) is 12.3. The Hall–Kier alpha value is -1.63. The van der Waals surface area contributed by atoms with Gasteiger partial charge in [0.25, 0.3) is 0 Å². The number of nitrogens with zero attached hydrogens (tertiary/aromatic N) is 1. The maximum absolute atomic E-state index is 2.39. The Balaban J connectivity index is 2.00. The topological polar surface area (TPSA) is 3.88 Å². The Morgan fingerprint density at radius 2 is 1.64 bits per heavy atom. The smallest absolute Gasteiger partial charge is 0.183 e. The van der Waals surface area contributed by atoms with E-state index < -0.39 is 0 Å². The minimum absolute atomic E-state index is 0.446. The monoisotopic (exact) mass is 296 g/mol. The zero-order valence-electron chi connectivity index (χ0n) is 14.2. The van der Waals surface area contributed by atoms with Gasteiger partial charge in [-0.05, 0) is 18.9 Å². The van der Waals surface area contributed by atoms with Gasteiger partial charge in [0.05, 0.1) is 0 Å². The maximum atomic E-state index is 2.39. The fourth-order valence-corrected chi connectivity index (χ4v) is 3.11. The molecule has 1 heteroatoms. The average molecular weight is 296 g/mol. The summed E-state index contributed by atoms with van der Waals surface area (Å²) >= 11 is 0. The van der Waals surface area contributed by atoms with Gasteiger partial charge >= 0.3 is 0 Å². The summed E-state index contributed by atoms with van der Waals surface area (Å²) < 4.78 is 2.39. The van der Waals surface area contributed by atoms with Gasteiger partial charge in [0.15, 0.2) is 18.4 Å². The minimum atomic E-state index is 0.446. The van der Waals surface area contributed by atoms with Crippen LogP contribution >= 0.6 is 0 Å². The fourth-order valence-electron chi connectivity index (χ4n) is 3.11. The third-order valence-corrected chi connectivity index (χ3v) is 4.38. The van der Waals surface area contributed by atoms with Crippen molar-refractivity contribution in [3.63, 3.8) is 0 Å². The number of benzene rings is 1. The van der Waals surface area contributed by atoms with Crippen LogP contribution in [0.5, 0.6) is 0 Å². The molecule has 0 saturated heterocycles. The molecule has 1 atom stereocenters. The largest absolute Gasteiger partial charge is 0.198 e. The highest BCUT2D eigenvalue weighted by molar-refractivity contribution is 5.17. The van der Waals surface area contributed by atoms with Gasteiger partial charge in [0, 0.05) is 23.6 Å². The molecule has 0 amide bonds. The number of pyridine rings is 1. The second-order valence-corrected chi connectivity index (χ2v) is 6.16. The Labute approximate surface area is 136 Å². The molecule has 0 aliphatic heterocycles. The van der Waals surface area contributed by atoms with Crippen molar-refractivity contribution in [2.45, 2.75) is 64.8 Å². The summed E-state index contributed by atoms with van der Waals surface area (Å²) in [6.45, 7) is 4.54. The van der Waals surface area contributed by atoms with E-state index in [1.54, 1.807) is 0 Å². The van der Waals surface area contributed by atoms with Gasteiger partial charge in [0.1, 0.15) is 0 Å². The average Bonchev–Trinajstić information content (AvgIpc) is 2.57. The van der Waals surface area contributed by atoms with Crippen molar-refractivity contribution in [1.82, 2.24) is 0 Å². The molecule has 1 aromatic heterocycles. The lowest BCUT2D eigenvalue weighted by atomic mass is 10.0. The van der Waals surface area contributed by atoms with E-state index >= 15 is 0 Å². The molecular weight excluding hydrogens is 266 g/mol. The molecule has 2 aromatic rings. The van der Waals surface area contributed by atoms with E-state index in [2.05, 4.69) is 73.3 Å². The highest BCUT2D eigenvalue weighted by atomic mass is 15.0. The van der Waals surface area contributed by atoms with Crippen LogP contribution in [0.25, 0.3) is 0 Å². The summed E-state index contributed by atoms with van der Waals surface area (Å²) in [5, 5.41) is 0. The molecule has 1 unspecified atom stereocenters. The van der Waals surface area contributed by atoms with Gasteiger partial charge < -0.3 is 0 Å². The second kappa shape index (κ2) is 9.40. The first-order valence-corrected chi connectivity index (χ1v) is 8.89. The zero-order chi connectivity index (χ0) is 15.6. The fraction of sp³-hybridized carbons (Fsp3) is 0.476. The van der Waals surface area contributed by atoms with Crippen LogP contribution in [-0.4, -0.2) is 0 Å². The van der Waals surface area contributed by atoms with Crippen LogP contribution in [0.15, 0.2) is 54.9 Å². The van der Waals surface area contributed by atoms with Gasteiger partial charge in [-0.1, -0.05) is 69.9 Å². The van der Waals surface area contributed by atoms with Crippen LogP contribution in [0.2, 0.25) is 0 Å². The molecule has 0 saturated carbocycles. The molecule has 2 rings (SSSR count). The zero-order valence-corrected chi connectivity index (χ0v) is 14.2. The molecule has 1 aromatic carbocycles. The van der Waals surface area contributed by atoms with E-state index in [1.807, 2.05) is 0 Å². The van der Waals surface area contributed by atoms with E-state index in [4.69, 9.17) is 0 Å². The summed E-state index contributed by atoms with van der Waals surface area (Å²) in [6, 6.07) is 15.7. The molecule has 0 bridgehead atoms. The summed E-state index contributed by atoms with van der Waals surface area (Å²) in [5.41, 5.74) is 2.86.